The van der Waals surface area contributed by atoms with Gasteiger partial charge >= 0.3 is 0 Å². The number of anilines is 1. The van der Waals surface area contributed by atoms with Gasteiger partial charge in [-0.05, 0) is 31.4 Å². The third-order valence-electron chi connectivity index (χ3n) is 5.01. The van der Waals surface area contributed by atoms with Gasteiger partial charge in [0.05, 0.1) is 12.1 Å². The molecule has 0 saturated heterocycles. The molecule has 4 heteroatoms. The van der Waals surface area contributed by atoms with Gasteiger partial charge in [0.1, 0.15) is 0 Å². The summed E-state index contributed by atoms with van der Waals surface area (Å²) in [5.74, 6) is -0.288. The lowest BCUT2D eigenvalue weighted by Gasteiger charge is -2.25. The first-order valence-corrected chi connectivity index (χ1v) is 9.04. The third kappa shape index (κ3) is 2.95. The summed E-state index contributed by atoms with van der Waals surface area (Å²) in [7, 11) is 0. The maximum absolute atomic E-state index is 13.0. The van der Waals surface area contributed by atoms with Gasteiger partial charge in [0, 0.05) is 17.2 Å². The minimum absolute atomic E-state index is 0.0990. The summed E-state index contributed by atoms with van der Waals surface area (Å²) in [4.78, 5) is 27.3. The van der Waals surface area contributed by atoms with Gasteiger partial charge < -0.3 is 10.0 Å². The van der Waals surface area contributed by atoms with Gasteiger partial charge in [-0.1, -0.05) is 56.3 Å². The molecule has 0 aromatic heterocycles. The molecule has 4 nitrogen and oxygen atoms in total. The molecule has 2 aromatic rings. The average molecular weight is 351 g/mol. The highest BCUT2D eigenvalue weighted by atomic mass is 16.3. The number of para-hydroxylation sites is 1. The molecule has 1 aliphatic heterocycles. The molecule has 136 valence electrons. The summed E-state index contributed by atoms with van der Waals surface area (Å²) in [6, 6.07) is 14.4. The molecule has 1 atom stereocenters. The van der Waals surface area contributed by atoms with Crippen LogP contribution in [0.25, 0.3) is 0 Å². The normalized spacial score (nSPS) is 19.3. The fraction of sp³-hybridized carbons (Fsp3) is 0.364. The molecule has 1 amide bonds. The number of ketones is 1. The molecule has 0 saturated carbocycles. The van der Waals surface area contributed by atoms with Gasteiger partial charge in [-0.3, -0.25) is 9.59 Å². The Morgan fingerprint density at radius 3 is 2.23 bits per heavy atom. The Kier molecular flexibility index (Phi) is 4.72. The Bertz CT molecular complexity index is 839. The Balaban J connectivity index is 1.93. The minimum atomic E-state index is -1.81. The van der Waals surface area contributed by atoms with Crippen molar-refractivity contribution < 1.29 is 14.7 Å². The van der Waals surface area contributed by atoms with Crippen molar-refractivity contribution in [3.05, 3.63) is 65.2 Å². The van der Waals surface area contributed by atoms with Crippen molar-refractivity contribution in [1.29, 1.82) is 0 Å². The third-order valence-corrected chi connectivity index (χ3v) is 5.01. The van der Waals surface area contributed by atoms with Crippen LogP contribution in [0, 0.1) is 0 Å². The highest BCUT2D eigenvalue weighted by Crippen LogP contribution is 2.43. The minimum Gasteiger partial charge on any atom is -0.375 e. The number of nitrogens with zero attached hydrogens (tertiary/aromatic N) is 1. The number of hydrogen-bond acceptors (Lipinski definition) is 3. The van der Waals surface area contributed by atoms with Crippen LogP contribution in [-0.2, 0) is 10.4 Å². The standard InChI is InChI=1S/C22H25NO3/c1-14(2)16-9-11-17(12-10-16)20(24)13-22(26)18-7-5-6-8-19(18)23(15(3)4)21(22)25/h5-12,14-15,26H,13H2,1-4H3/t22-/m0/s1. The van der Waals surface area contributed by atoms with Gasteiger partial charge in [0.15, 0.2) is 11.4 Å². The van der Waals surface area contributed by atoms with Crippen molar-refractivity contribution >= 4 is 17.4 Å². The summed E-state index contributed by atoms with van der Waals surface area (Å²) in [6.07, 6.45) is -0.257. The molecule has 0 radical (unpaired) electrons. The summed E-state index contributed by atoms with van der Waals surface area (Å²) in [5.41, 5.74) is 1.03. The second kappa shape index (κ2) is 6.69. The topological polar surface area (TPSA) is 57.6 Å². The van der Waals surface area contributed by atoms with Gasteiger partial charge in [-0.2, -0.15) is 0 Å². The van der Waals surface area contributed by atoms with Gasteiger partial charge in [0.25, 0.3) is 5.91 Å². The molecule has 0 bridgehead atoms. The number of carbonyl (C=O) groups excluding carboxylic acids is 2. The average Bonchev–Trinajstić information content (AvgIpc) is 2.83. The molecular formula is C22H25NO3. The largest absolute Gasteiger partial charge is 0.375 e. The molecule has 2 aromatic carbocycles. The zero-order valence-corrected chi connectivity index (χ0v) is 15.7. The maximum atomic E-state index is 13.0. The van der Waals surface area contributed by atoms with Crippen LogP contribution in [0.5, 0.6) is 0 Å². The second-order valence-corrected chi connectivity index (χ2v) is 7.52. The molecule has 1 heterocycles. The van der Waals surface area contributed by atoms with E-state index in [0.717, 1.165) is 5.56 Å². The Hall–Kier alpha value is -2.46. The van der Waals surface area contributed by atoms with Gasteiger partial charge in [0.2, 0.25) is 0 Å². The summed E-state index contributed by atoms with van der Waals surface area (Å²) in [6.45, 7) is 7.97. The van der Waals surface area contributed by atoms with Crippen molar-refractivity contribution in [2.24, 2.45) is 0 Å². The van der Waals surface area contributed by atoms with Crippen LogP contribution in [0.1, 0.15) is 61.5 Å². The van der Waals surface area contributed by atoms with Crippen LogP contribution >= 0.6 is 0 Å². The second-order valence-electron chi connectivity index (χ2n) is 7.52. The molecule has 1 N–H and O–H groups in total. The van der Waals surface area contributed by atoms with Crippen LogP contribution in [0.2, 0.25) is 0 Å². The summed E-state index contributed by atoms with van der Waals surface area (Å²) >= 11 is 0. The van der Waals surface area contributed by atoms with E-state index >= 15 is 0 Å². The number of hydrogen-bond donors (Lipinski definition) is 1. The highest BCUT2D eigenvalue weighted by Gasteiger charge is 2.51. The predicted octanol–water partition coefficient (Wildman–Crippen LogP) is 4.03. The maximum Gasteiger partial charge on any atom is 0.264 e. The number of aliphatic hydroxyl groups is 1. The van der Waals surface area contributed by atoms with Crippen LogP contribution in [0.3, 0.4) is 0 Å². The van der Waals surface area contributed by atoms with Crippen molar-refractivity contribution in [2.45, 2.75) is 51.7 Å². The van der Waals surface area contributed by atoms with Crippen molar-refractivity contribution in [1.82, 2.24) is 0 Å². The van der Waals surface area contributed by atoms with E-state index in [1.807, 2.05) is 38.1 Å². The fourth-order valence-electron chi connectivity index (χ4n) is 3.53. The van der Waals surface area contributed by atoms with Gasteiger partial charge in [-0.15, -0.1) is 0 Å². The first-order valence-electron chi connectivity index (χ1n) is 9.04. The molecule has 0 spiro atoms. The molecule has 1 aliphatic rings. The van der Waals surface area contributed by atoms with E-state index in [9.17, 15) is 14.7 Å². The summed E-state index contributed by atoms with van der Waals surface area (Å²) < 4.78 is 0. The number of carbonyl (C=O) groups is 2. The SMILES string of the molecule is CC(C)c1ccc(C(=O)C[C@@]2(O)C(=O)N(C(C)C)c3ccccc32)cc1. The monoisotopic (exact) mass is 351 g/mol. The number of rotatable bonds is 5. The summed E-state index contributed by atoms with van der Waals surface area (Å²) in [5, 5.41) is 11.2. The van der Waals surface area contributed by atoms with Crippen LogP contribution in [0.15, 0.2) is 48.5 Å². The Morgan fingerprint density at radius 1 is 1.04 bits per heavy atom. The van der Waals surface area contributed by atoms with Crippen LogP contribution < -0.4 is 4.90 Å². The van der Waals surface area contributed by atoms with Crippen LogP contribution in [0.4, 0.5) is 5.69 Å². The van der Waals surface area contributed by atoms with E-state index in [1.54, 1.807) is 29.2 Å². The van der Waals surface area contributed by atoms with E-state index in [1.165, 1.54) is 0 Å². The zero-order valence-electron chi connectivity index (χ0n) is 15.7. The Labute approximate surface area is 154 Å². The Morgan fingerprint density at radius 2 is 1.65 bits per heavy atom. The fourth-order valence-corrected chi connectivity index (χ4v) is 3.53. The van der Waals surface area contributed by atoms with Crippen molar-refractivity contribution in [3.8, 4) is 0 Å². The number of amides is 1. The molecule has 26 heavy (non-hydrogen) atoms. The first kappa shape index (κ1) is 18.3. The molecule has 0 fully saturated rings. The van der Waals surface area contributed by atoms with Gasteiger partial charge in [-0.25, -0.2) is 0 Å². The number of benzene rings is 2. The quantitative estimate of drug-likeness (QED) is 0.828. The smallest absolute Gasteiger partial charge is 0.264 e. The molecule has 0 unspecified atom stereocenters. The lowest BCUT2D eigenvalue weighted by atomic mass is 9.87. The highest BCUT2D eigenvalue weighted by molar-refractivity contribution is 6.11. The van der Waals surface area contributed by atoms with E-state index in [4.69, 9.17) is 0 Å². The lowest BCUT2D eigenvalue weighted by Crippen LogP contribution is -2.44. The first-order chi connectivity index (χ1) is 12.3. The number of fused-ring (bicyclic) bond motifs is 1. The molecule has 3 rings (SSSR count). The predicted molar refractivity (Wildman–Crippen MR) is 102 cm³/mol. The van der Waals surface area contributed by atoms with E-state index in [2.05, 4.69) is 13.8 Å². The molecule has 0 aliphatic carbocycles. The van der Waals surface area contributed by atoms with E-state index < -0.39 is 11.5 Å². The van der Waals surface area contributed by atoms with E-state index in [0.29, 0.717) is 22.7 Å². The number of Topliss-reactive ketones (excluding diaryl/α,β-unsaturated/α-hetero) is 1. The zero-order chi connectivity index (χ0) is 19.1. The van der Waals surface area contributed by atoms with Crippen molar-refractivity contribution in [3.63, 3.8) is 0 Å². The lowest BCUT2D eigenvalue weighted by molar-refractivity contribution is -0.136. The van der Waals surface area contributed by atoms with Crippen LogP contribution in [-0.4, -0.2) is 22.8 Å². The van der Waals surface area contributed by atoms with Crippen molar-refractivity contribution in [2.75, 3.05) is 4.90 Å². The van der Waals surface area contributed by atoms with E-state index in [-0.39, 0.29) is 18.2 Å². The molecular weight excluding hydrogens is 326 g/mol.